The van der Waals surface area contributed by atoms with E-state index in [0.717, 1.165) is 28.8 Å². The standard InChI is InChI=1S/C17H20ClNO2S/c1-17(2,3)16-19-13-8-7-12(18)15(14(13)21-16)22-11-6-4-5-10(20)9-11/h7-8,11H,4-6,9H2,1-3H3. The molecule has 1 heterocycles. The molecule has 0 N–H and O–H groups in total. The number of Topliss-reactive ketones (excluding diaryl/α,β-unsaturated/α-hetero) is 1. The fourth-order valence-electron chi connectivity index (χ4n) is 2.63. The molecular formula is C17H20ClNO2S. The van der Waals surface area contributed by atoms with Crippen molar-refractivity contribution in [3.8, 4) is 0 Å². The van der Waals surface area contributed by atoms with Crippen molar-refractivity contribution in [1.82, 2.24) is 4.98 Å². The number of hydrogen-bond acceptors (Lipinski definition) is 4. The highest BCUT2D eigenvalue weighted by atomic mass is 35.5. The first-order chi connectivity index (χ1) is 10.3. The molecule has 1 aromatic carbocycles. The van der Waals surface area contributed by atoms with Crippen LogP contribution in [0, 0.1) is 0 Å². The van der Waals surface area contributed by atoms with Crippen LogP contribution in [0.25, 0.3) is 11.1 Å². The maximum atomic E-state index is 11.7. The first-order valence-electron chi connectivity index (χ1n) is 7.62. The van der Waals surface area contributed by atoms with E-state index < -0.39 is 0 Å². The van der Waals surface area contributed by atoms with Crippen molar-refractivity contribution in [2.24, 2.45) is 0 Å². The summed E-state index contributed by atoms with van der Waals surface area (Å²) in [4.78, 5) is 17.2. The third kappa shape index (κ3) is 3.18. The number of nitrogens with zero attached hydrogens (tertiary/aromatic N) is 1. The van der Waals surface area contributed by atoms with Gasteiger partial charge in [-0.3, -0.25) is 4.79 Å². The second-order valence-corrected chi connectivity index (χ2v) is 8.59. The van der Waals surface area contributed by atoms with Crippen LogP contribution >= 0.6 is 23.4 Å². The summed E-state index contributed by atoms with van der Waals surface area (Å²) in [5.41, 5.74) is 1.44. The number of aromatic nitrogens is 1. The molecule has 22 heavy (non-hydrogen) atoms. The zero-order valence-corrected chi connectivity index (χ0v) is 14.7. The summed E-state index contributed by atoms with van der Waals surface area (Å²) in [5, 5.41) is 0.958. The van der Waals surface area contributed by atoms with Crippen molar-refractivity contribution in [2.45, 2.75) is 62.0 Å². The zero-order chi connectivity index (χ0) is 15.9. The Morgan fingerprint density at radius 3 is 2.82 bits per heavy atom. The second-order valence-electron chi connectivity index (χ2n) is 6.87. The van der Waals surface area contributed by atoms with Gasteiger partial charge in [0.05, 0.1) is 9.92 Å². The molecule has 2 aromatic rings. The summed E-state index contributed by atoms with van der Waals surface area (Å²) in [6.45, 7) is 6.23. The quantitative estimate of drug-likeness (QED) is 0.737. The third-order valence-electron chi connectivity index (χ3n) is 3.83. The van der Waals surface area contributed by atoms with Gasteiger partial charge >= 0.3 is 0 Å². The molecule has 3 nitrogen and oxygen atoms in total. The molecule has 1 aliphatic rings. The van der Waals surface area contributed by atoms with Crippen LogP contribution in [0.2, 0.25) is 5.02 Å². The Morgan fingerprint density at radius 2 is 2.14 bits per heavy atom. The van der Waals surface area contributed by atoms with Crippen molar-refractivity contribution in [1.29, 1.82) is 0 Å². The summed E-state index contributed by atoms with van der Waals surface area (Å²) in [6.07, 6.45) is 3.35. The number of thioether (sulfide) groups is 1. The van der Waals surface area contributed by atoms with Crippen LogP contribution in [0.3, 0.4) is 0 Å². The Balaban J connectivity index is 1.98. The molecule has 0 radical (unpaired) electrons. The Kier molecular flexibility index (Phi) is 4.25. The van der Waals surface area contributed by atoms with Crippen molar-refractivity contribution in [3.05, 3.63) is 23.0 Å². The molecule has 1 fully saturated rings. The number of oxazole rings is 1. The van der Waals surface area contributed by atoms with Crippen LogP contribution in [-0.2, 0) is 10.2 Å². The lowest BCUT2D eigenvalue weighted by Crippen LogP contribution is -2.16. The number of carbonyl (C=O) groups excluding carboxylic acids is 1. The first-order valence-corrected chi connectivity index (χ1v) is 8.88. The normalized spacial score (nSPS) is 19.8. The minimum Gasteiger partial charge on any atom is -0.439 e. The van der Waals surface area contributed by atoms with Crippen LogP contribution in [0.5, 0.6) is 0 Å². The molecule has 0 bridgehead atoms. The van der Waals surface area contributed by atoms with Gasteiger partial charge in [-0.05, 0) is 25.0 Å². The van der Waals surface area contributed by atoms with Crippen molar-refractivity contribution < 1.29 is 9.21 Å². The van der Waals surface area contributed by atoms with E-state index in [-0.39, 0.29) is 10.7 Å². The molecule has 0 spiro atoms. The van der Waals surface area contributed by atoms with Gasteiger partial charge in [0.15, 0.2) is 5.58 Å². The van der Waals surface area contributed by atoms with E-state index in [1.807, 2.05) is 12.1 Å². The Labute approximate surface area is 139 Å². The van der Waals surface area contributed by atoms with Crippen molar-refractivity contribution in [3.63, 3.8) is 0 Å². The molecule has 1 aliphatic carbocycles. The number of rotatable bonds is 2. The fraction of sp³-hybridized carbons (Fsp3) is 0.529. The van der Waals surface area contributed by atoms with E-state index in [9.17, 15) is 4.79 Å². The lowest BCUT2D eigenvalue weighted by molar-refractivity contribution is -0.120. The largest absolute Gasteiger partial charge is 0.439 e. The number of benzene rings is 1. The minimum atomic E-state index is -0.145. The van der Waals surface area contributed by atoms with Gasteiger partial charge in [-0.2, -0.15) is 0 Å². The van der Waals surface area contributed by atoms with Crippen LogP contribution in [-0.4, -0.2) is 16.0 Å². The number of fused-ring (bicyclic) bond motifs is 1. The predicted molar refractivity (Wildman–Crippen MR) is 90.8 cm³/mol. The van der Waals surface area contributed by atoms with Crippen molar-refractivity contribution in [2.75, 3.05) is 0 Å². The summed E-state index contributed by atoms with van der Waals surface area (Å²) in [7, 11) is 0. The van der Waals surface area contributed by atoms with E-state index in [1.54, 1.807) is 11.8 Å². The highest BCUT2D eigenvalue weighted by Crippen LogP contribution is 2.41. The lowest BCUT2D eigenvalue weighted by atomic mass is 9.97. The molecule has 5 heteroatoms. The van der Waals surface area contributed by atoms with Gasteiger partial charge in [-0.25, -0.2) is 4.98 Å². The maximum absolute atomic E-state index is 11.7. The van der Waals surface area contributed by atoms with E-state index in [0.29, 0.717) is 29.5 Å². The molecule has 1 aromatic heterocycles. The smallest absolute Gasteiger partial charge is 0.200 e. The molecule has 1 unspecified atom stereocenters. The topological polar surface area (TPSA) is 43.1 Å². The highest BCUT2D eigenvalue weighted by molar-refractivity contribution is 8.00. The van der Waals surface area contributed by atoms with Crippen LogP contribution in [0.4, 0.5) is 0 Å². The molecule has 118 valence electrons. The molecule has 1 atom stereocenters. The molecule has 3 rings (SSSR count). The average molecular weight is 338 g/mol. The number of carbonyl (C=O) groups is 1. The van der Waals surface area contributed by atoms with Gasteiger partial charge in [0.2, 0.25) is 5.89 Å². The number of ketones is 1. The van der Waals surface area contributed by atoms with Crippen LogP contribution in [0.15, 0.2) is 21.4 Å². The molecule has 0 aliphatic heterocycles. The number of hydrogen-bond donors (Lipinski definition) is 0. The van der Waals surface area contributed by atoms with Gasteiger partial charge in [0, 0.05) is 23.5 Å². The van der Waals surface area contributed by atoms with Gasteiger partial charge in [-0.1, -0.05) is 32.4 Å². The van der Waals surface area contributed by atoms with Crippen LogP contribution < -0.4 is 0 Å². The monoisotopic (exact) mass is 337 g/mol. The van der Waals surface area contributed by atoms with E-state index >= 15 is 0 Å². The lowest BCUT2D eigenvalue weighted by Gasteiger charge is -2.20. The summed E-state index contributed by atoms with van der Waals surface area (Å²) in [5.74, 6) is 1.06. The molecule has 1 saturated carbocycles. The fourth-order valence-corrected chi connectivity index (χ4v) is 4.23. The number of halogens is 1. The minimum absolute atomic E-state index is 0.145. The molecular weight excluding hydrogens is 318 g/mol. The van der Waals surface area contributed by atoms with Crippen LogP contribution in [0.1, 0.15) is 52.3 Å². The summed E-state index contributed by atoms with van der Waals surface area (Å²) < 4.78 is 6.01. The summed E-state index contributed by atoms with van der Waals surface area (Å²) in [6, 6.07) is 3.76. The Morgan fingerprint density at radius 1 is 1.36 bits per heavy atom. The van der Waals surface area contributed by atoms with E-state index in [1.165, 1.54) is 0 Å². The van der Waals surface area contributed by atoms with Gasteiger partial charge < -0.3 is 4.42 Å². The summed E-state index contributed by atoms with van der Waals surface area (Å²) >= 11 is 8.05. The molecule has 0 saturated heterocycles. The van der Waals surface area contributed by atoms with E-state index in [4.69, 9.17) is 16.0 Å². The van der Waals surface area contributed by atoms with Gasteiger partial charge in [0.25, 0.3) is 0 Å². The predicted octanol–water partition coefficient (Wildman–Crippen LogP) is 5.38. The second kappa shape index (κ2) is 5.89. The third-order valence-corrected chi connectivity index (χ3v) is 5.63. The highest BCUT2D eigenvalue weighted by Gasteiger charge is 2.26. The molecule has 0 amide bonds. The first kappa shape index (κ1) is 15.9. The van der Waals surface area contributed by atoms with Gasteiger partial charge in [0.1, 0.15) is 11.3 Å². The zero-order valence-electron chi connectivity index (χ0n) is 13.1. The van der Waals surface area contributed by atoms with E-state index in [2.05, 4.69) is 25.8 Å². The average Bonchev–Trinajstić information content (AvgIpc) is 2.86. The Bertz CT molecular complexity index is 717. The van der Waals surface area contributed by atoms with Gasteiger partial charge in [-0.15, -0.1) is 11.8 Å². The Hall–Kier alpha value is -1.00. The maximum Gasteiger partial charge on any atom is 0.200 e. The van der Waals surface area contributed by atoms with Crippen molar-refractivity contribution >= 4 is 40.2 Å². The SMILES string of the molecule is CC(C)(C)c1nc2ccc(Cl)c(SC3CCCC(=O)C3)c2o1.